The molecule has 0 heterocycles. The maximum absolute atomic E-state index is 8.84. The van der Waals surface area contributed by atoms with Crippen molar-refractivity contribution in [2.24, 2.45) is 0 Å². The number of quaternary nitrogens is 1. The van der Waals surface area contributed by atoms with Crippen molar-refractivity contribution in [1.29, 1.82) is 0 Å². The molecule has 0 atom stereocenters. The van der Waals surface area contributed by atoms with E-state index in [0.29, 0.717) is 9.79 Å². The molecule has 0 radical (unpaired) electrons. The van der Waals surface area contributed by atoms with Gasteiger partial charge in [-0.15, -0.1) is 25.3 Å². The number of hydrogen-bond donors (Lipinski definition) is 4. The summed E-state index contributed by atoms with van der Waals surface area (Å²) in [6.45, 7) is 15.0. The molecule has 0 aliphatic carbocycles. The number of aromatic hydroxyl groups is 2. The Balaban J connectivity index is 0. The smallest absolute Gasteiger partial charge is 0.128 e. The van der Waals surface area contributed by atoms with Gasteiger partial charge in [0.15, 0.2) is 0 Å². The molecular formula is C28H48NNiO2S2+. The topological polar surface area (TPSA) is 40.5 Å². The van der Waals surface area contributed by atoms with Gasteiger partial charge < -0.3 is 14.7 Å². The van der Waals surface area contributed by atoms with E-state index in [2.05, 4.69) is 53.0 Å². The Morgan fingerprint density at radius 3 is 1.00 bits per heavy atom. The molecule has 0 saturated heterocycles. The fraction of sp³-hybridized carbons (Fsp3) is 0.571. The van der Waals surface area contributed by atoms with E-state index in [1.54, 1.807) is 36.4 Å². The molecule has 0 aromatic heterocycles. The second-order valence-electron chi connectivity index (χ2n) is 8.63. The van der Waals surface area contributed by atoms with Gasteiger partial charge >= 0.3 is 0 Å². The van der Waals surface area contributed by atoms with E-state index in [1.807, 2.05) is 12.1 Å². The number of unbranched alkanes of at least 4 members (excludes halogenated alkanes) is 4. The van der Waals surface area contributed by atoms with Crippen LogP contribution in [0, 0.1) is 0 Å². The van der Waals surface area contributed by atoms with Gasteiger partial charge in [-0.05, 0) is 49.9 Å². The van der Waals surface area contributed by atoms with Crippen molar-refractivity contribution >= 4 is 25.3 Å². The molecule has 0 spiro atoms. The molecule has 2 rings (SSSR count). The average Bonchev–Trinajstić information content (AvgIpc) is 2.83. The van der Waals surface area contributed by atoms with Gasteiger partial charge in [0.25, 0.3) is 0 Å². The third kappa shape index (κ3) is 16.8. The van der Waals surface area contributed by atoms with Crippen molar-refractivity contribution in [3.05, 3.63) is 48.5 Å². The first-order valence-corrected chi connectivity index (χ1v) is 13.5. The van der Waals surface area contributed by atoms with Crippen LogP contribution in [0.4, 0.5) is 0 Å². The van der Waals surface area contributed by atoms with Gasteiger partial charge in [-0.1, -0.05) is 77.6 Å². The fourth-order valence-corrected chi connectivity index (χ4v) is 3.89. The van der Waals surface area contributed by atoms with Crippen molar-refractivity contribution in [2.75, 3.05) is 26.2 Å². The quantitative estimate of drug-likeness (QED) is 0.121. The average molecular weight is 554 g/mol. The molecule has 0 amide bonds. The maximum atomic E-state index is 8.84. The first-order chi connectivity index (χ1) is 15.9. The van der Waals surface area contributed by atoms with Crippen molar-refractivity contribution in [3.8, 4) is 11.5 Å². The van der Waals surface area contributed by atoms with Gasteiger partial charge in [0, 0.05) is 26.3 Å². The van der Waals surface area contributed by atoms with Crippen LogP contribution >= 0.6 is 25.3 Å². The molecule has 0 saturated carbocycles. The second kappa shape index (κ2) is 22.6. The molecule has 34 heavy (non-hydrogen) atoms. The summed E-state index contributed by atoms with van der Waals surface area (Å²) in [6.07, 6.45) is 11.1. The number of hydrogen-bond acceptors (Lipinski definition) is 4. The first kappa shape index (κ1) is 35.4. The fourth-order valence-electron chi connectivity index (χ4n) is 3.57. The molecule has 198 valence electrons. The number of thiol groups is 2. The normalized spacial score (nSPS) is 10.3. The van der Waals surface area contributed by atoms with Gasteiger partial charge in [-0.25, -0.2) is 0 Å². The Kier molecular flexibility index (Phi) is 23.5. The van der Waals surface area contributed by atoms with Crippen LogP contribution in [0.25, 0.3) is 0 Å². The molecule has 0 unspecified atom stereocenters. The summed E-state index contributed by atoms with van der Waals surface area (Å²) >= 11 is 7.90. The van der Waals surface area contributed by atoms with Crippen molar-refractivity contribution in [1.82, 2.24) is 0 Å². The monoisotopic (exact) mass is 552 g/mol. The van der Waals surface area contributed by atoms with Crippen LogP contribution in [0.1, 0.15) is 79.1 Å². The van der Waals surface area contributed by atoms with Crippen molar-refractivity contribution in [2.45, 2.75) is 88.9 Å². The van der Waals surface area contributed by atoms with Crippen LogP contribution in [0.15, 0.2) is 58.3 Å². The largest absolute Gasteiger partial charge is 0.507 e. The number of para-hydroxylation sites is 2. The van der Waals surface area contributed by atoms with E-state index >= 15 is 0 Å². The standard InChI is InChI=1S/C16H36N.2C6H6OS.Ni/c1-5-9-13-17(14-10-6-2,15-11-7-3)16-12-8-4;2*7-5-3-1-2-4-6(5)8;/h5-16H2,1-4H3;2*1-4,7-8H;/q+1;;;. The molecule has 2 N–H and O–H groups in total. The summed E-state index contributed by atoms with van der Waals surface area (Å²) in [7, 11) is 0. The third-order valence-electron chi connectivity index (χ3n) is 5.71. The second-order valence-corrected chi connectivity index (χ2v) is 9.59. The van der Waals surface area contributed by atoms with Gasteiger partial charge in [0.05, 0.1) is 26.2 Å². The minimum atomic E-state index is 0. The van der Waals surface area contributed by atoms with Crippen LogP contribution in [0.2, 0.25) is 0 Å². The van der Waals surface area contributed by atoms with Gasteiger partial charge in [-0.3, -0.25) is 0 Å². The Bertz CT molecular complexity index is 608. The van der Waals surface area contributed by atoms with E-state index in [-0.39, 0.29) is 28.0 Å². The molecule has 0 bridgehead atoms. The van der Waals surface area contributed by atoms with Crippen LogP contribution in [0.3, 0.4) is 0 Å². The van der Waals surface area contributed by atoms with Crippen LogP contribution in [-0.4, -0.2) is 40.9 Å². The molecular weight excluding hydrogens is 505 g/mol. The van der Waals surface area contributed by atoms with Crippen LogP contribution in [0.5, 0.6) is 11.5 Å². The molecule has 3 nitrogen and oxygen atoms in total. The summed E-state index contributed by atoms with van der Waals surface area (Å²) in [6, 6.07) is 13.8. The summed E-state index contributed by atoms with van der Waals surface area (Å²) in [5.74, 6) is 0.465. The first-order valence-electron chi connectivity index (χ1n) is 12.6. The SMILES string of the molecule is CCCC[N+](CCCC)(CCCC)CCCC.Oc1ccccc1S.Oc1ccccc1S.[Ni]. The van der Waals surface area contributed by atoms with Gasteiger partial charge in [0.2, 0.25) is 0 Å². The van der Waals surface area contributed by atoms with E-state index in [4.69, 9.17) is 10.2 Å². The predicted molar refractivity (Wildman–Crippen MR) is 150 cm³/mol. The molecule has 6 heteroatoms. The summed E-state index contributed by atoms with van der Waals surface area (Å²) in [5, 5.41) is 17.7. The minimum absolute atomic E-state index is 0. The zero-order valence-electron chi connectivity index (χ0n) is 21.7. The number of phenolic OH excluding ortho intramolecular Hbond substituents is 2. The molecule has 0 fully saturated rings. The predicted octanol–water partition coefficient (Wildman–Crippen LogP) is 8.36. The van der Waals surface area contributed by atoms with Crippen LogP contribution < -0.4 is 0 Å². The Morgan fingerprint density at radius 2 is 0.824 bits per heavy atom. The molecule has 2 aromatic carbocycles. The summed E-state index contributed by atoms with van der Waals surface area (Å²) in [4.78, 5) is 1.24. The minimum Gasteiger partial charge on any atom is -0.507 e. The summed E-state index contributed by atoms with van der Waals surface area (Å²) in [5.41, 5.74) is 0. The van der Waals surface area contributed by atoms with Gasteiger partial charge in [0.1, 0.15) is 11.5 Å². The Morgan fingerprint density at radius 1 is 0.559 bits per heavy atom. The van der Waals surface area contributed by atoms with Crippen molar-refractivity contribution in [3.63, 3.8) is 0 Å². The third-order valence-corrected chi connectivity index (χ3v) is 6.46. The van der Waals surface area contributed by atoms with Crippen molar-refractivity contribution < 1.29 is 31.2 Å². The number of rotatable bonds is 12. The molecule has 0 aliphatic heterocycles. The van der Waals surface area contributed by atoms with E-state index in [9.17, 15) is 0 Å². The number of benzene rings is 2. The zero-order valence-corrected chi connectivity index (χ0v) is 24.4. The van der Waals surface area contributed by atoms with Crippen LogP contribution in [-0.2, 0) is 16.5 Å². The Labute approximate surface area is 230 Å². The number of nitrogens with zero attached hydrogens (tertiary/aromatic N) is 1. The number of phenols is 2. The van der Waals surface area contributed by atoms with E-state index in [1.165, 1.54) is 82.0 Å². The van der Waals surface area contributed by atoms with Gasteiger partial charge in [-0.2, -0.15) is 0 Å². The Hall–Kier alpha value is -0.806. The summed E-state index contributed by atoms with van der Waals surface area (Å²) < 4.78 is 1.42. The van der Waals surface area contributed by atoms with E-state index in [0.717, 1.165) is 0 Å². The molecule has 2 aromatic rings. The zero-order chi connectivity index (χ0) is 25.0. The molecule has 0 aliphatic rings. The van der Waals surface area contributed by atoms with E-state index < -0.39 is 0 Å². The maximum Gasteiger partial charge on any atom is 0.128 e.